The fraction of sp³-hybridized carbons (Fsp3) is 1.00. The van der Waals surface area contributed by atoms with Crippen LogP contribution in [0, 0.1) is 11.8 Å². The van der Waals surface area contributed by atoms with E-state index in [1.807, 2.05) is 0 Å². The summed E-state index contributed by atoms with van der Waals surface area (Å²) in [6, 6.07) is 0. The van der Waals surface area contributed by atoms with Gasteiger partial charge in [-0.05, 0) is 37.8 Å². The van der Waals surface area contributed by atoms with Crippen LogP contribution in [-0.4, -0.2) is 48.3 Å². The van der Waals surface area contributed by atoms with E-state index >= 15 is 0 Å². The van der Waals surface area contributed by atoms with Crippen molar-refractivity contribution >= 4 is 0 Å². The summed E-state index contributed by atoms with van der Waals surface area (Å²) in [7, 11) is 0. The van der Waals surface area contributed by atoms with Gasteiger partial charge >= 0.3 is 0 Å². The quantitative estimate of drug-likeness (QED) is 0.646. The van der Waals surface area contributed by atoms with Crippen LogP contribution >= 0.6 is 0 Å². The van der Waals surface area contributed by atoms with Crippen LogP contribution in [0.4, 0.5) is 0 Å². The summed E-state index contributed by atoms with van der Waals surface area (Å²) in [6.07, 6.45) is 2.54. The second kappa shape index (κ2) is 6.72. The summed E-state index contributed by atoms with van der Waals surface area (Å²) in [5, 5.41) is 13.4. The van der Waals surface area contributed by atoms with Gasteiger partial charge in [-0.1, -0.05) is 27.7 Å². The molecule has 0 aromatic carbocycles. The molecule has 0 heterocycles. The lowest BCUT2D eigenvalue weighted by Gasteiger charge is -2.38. The van der Waals surface area contributed by atoms with E-state index in [1.54, 1.807) is 0 Å². The van der Waals surface area contributed by atoms with E-state index < -0.39 is 0 Å². The van der Waals surface area contributed by atoms with Gasteiger partial charge in [-0.15, -0.1) is 0 Å². The Hall–Kier alpha value is -0.120. The van der Waals surface area contributed by atoms with E-state index in [1.165, 1.54) is 12.8 Å². The Balaban J connectivity index is 2.62. The van der Waals surface area contributed by atoms with Crippen LogP contribution in [0.3, 0.4) is 0 Å². The van der Waals surface area contributed by atoms with Gasteiger partial charge in [0.15, 0.2) is 0 Å². The van der Waals surface area contributed by atoms with E-state index in [9.17, 15) is 5.11 Å². The number of aliphatic hydroxyl groups is 1. The van der Waals surface area contributed by atoms with Crippen LogP contribution in [0.15, 0.2) is 0 Å². The number of rotatable bonds is 9. The number of likely N-dealkylation sites (N-methyl/N-ethyl adjacent to an activating group) is 2. The van der Waals surface area contributed by atoms with Crippen LogP contribution in [0.5, 0.6) is 0 Å². The molecular weight excluding hydrogens is 212 g/mol. The highest BCUT2D eigenvalue weighted by molar-refractivity contribution is 5.02. The van der Waals surface area contributed by atoms with Crippen molar-refractivity contribution in [1.29, 1.82) is 0 Å². The highest BCUT2D eigenvalue weighted by Crippen LogP contribution is 2.40. The molecule has 3 nitrogen and oxygen atoms in total. The smallest absolute Gasteiger partial charge is 0.0628 e. The molecule has 1 rings (SSSR count). The Morgan fingerprint density at radius 1 is 1.35 bits per heavy atom. The monoisotopic (exact) mass is 242 g/mol. The molecule has 0 aromatic rings. The first-order valence-corrected chi connectivity index (χ1v) is 7.16. The molecule has 0 bridgehead atoms. The number of aliphatic hydroxyl groups excluding tert-OH is 1. The first-order chi connectivity index (χ1) is 8.07. The summed E-state index contributed by atoms with van der Waals surface area (Å²) < 4.78 is 0. The van der Waals surface area contributed by atoms with Crippen molar-refractivity contribution in [2.75, 3.05) is 32.8 Å². The summed E-state index contributed by atoms with van der Waals surface area (Å²) in [6.45, 7) is 13.2. The zero-order valence-electron chi connectivity index (χ0n) is 12.0. The van der Waals surface area contributed by atoms with Crippen molar-refractivity contribution in [3.63, 3.8) is 0 Å². The normalized spacial score (nSPS) is 19.9. The van der Waals surface area contributed by atoms with Crippen LogP contribution in [0.25, 0.3) is 0 Å². The minimum absolute atomic E-state index is 0.0559. The summed E-state index contributed by atoms with van der Waals surface area (Å²) in [4.78, 5) is 2.47. The highest BCUT2D eigenvalue weighted by Gasteiger charge is 2.45. The molecule has 102 valence electrons. The predicted octanol–water partition coefficient (Wildman–Crippen LogP) is 1.71. The first kappa shape index (κ1) is 14.9. The number of nitrogens with one attached hydrogen (secondary N) is 1. The van der Waals surface area contributed by atoms with Gasteiger partial charge in [-0.25, -0.2) is 0 Å². The molecule has 0 spiro atoms. The maximum atomic E-state index is 9.81. The second-order valence-corrected chi connectivity index (χ2v) is 5.84. The Labute approximate surface area is 107 Å². The largest absolute Gasteiger partial charge is 0.394 e. The molecular formula is C14H30N2O. The molecule has 0 saturated heterocycles. The summed E-state index contributed by atoms with van der Waals surface area (Å²) in [5.41, 5.74) is -0.0559. The Bertz CT molecular complexity index is 216. The van der Waals surface area contributed by atoms with Crippen molar-refractivity contribution < 1.29 is 5.11 Å². The van der Waals surface area contributed by atoms with Gasteiger partial charge in [-0.2, -0.15) is 0 Å². The standard InChI is InChI=1S/C14H30N2O/c1-5-15-14(11-17,13-7-8-13)10-16(6-2)9-12(3)4/h12-13,15,17H,5-11H2,1-4H3. The molecule has 0 amide bonds. The lowest BCUT2D eigenvalue weighted by atomic mass is 9.92. The van der Waals surface area contributed by atoms with Crippen LogP contribution < -0.4 is 5.32 Å². The minimum atomic E-state index is -0.0559. The Kier molecular flexibility index (Phi) is 5.90. The maximum Gasteiger partial charge on any atom is 0.0628 e. The lowest BCUT2D eigenvalue weighted by Crippen LogP contribution is -2.58. The third kappa shape index (κ3) is 4.23. The number of nitrogens with zero attached hydrogens (tertiary/aromatic N) is 1. The van der Waals surface area contributed by atoms with E-state index in [-0.39, 0.29) is 12.1 Å². The van der Waals surface area contributed by atoms with Gasteiger partial charge in [0.1, 0.15) is 0 Å². The molecule has 1 aliphatic carbocycles. The van der Waals surface area contributed by atoms with Gasteiger partial charge in [0, 0.05) is 13.1 Å². The predicted molar refractivity (Wildman–Crippen MR) is 73.2 cm³/mol. The topological polar surface area (TPSA) is 35.5 Å². The van der Waals surface area contributed by atoms with E-state index in [2.05, 4.69) is 37.9 Å². The molecule has 0 aromatic heterocycles. The second-order valence-electron chi connectivity index (χ2n) is 5.84. The molecule has 17 heavy (non-hydrogen) atoms. The molecule has 2 N–H and O–H groups in total. The minimum Gasteiger partial charge on any atom is -0.394 e. The highest BCUT2D eigenvalue weighted by atomic mass is 16.3. The van der Waals surface area contributed by atoms with Gasteiger partial charge < -0.3 is 15.3 Å². The first-order valence-electron chi connectivity index (χ1n) is 7.16. The molecule has 0 radical (unpaired) electrons. The van der Waals surface area contributed by atoms with E-state index in [4.69, 9.17) is 0 Å². The van der Waals surface area contributed by atoms with Crippen molar-refractivity contribution in [2.45, 2.75) is 46.1 Å². The van der Waals surface area contributed by atoms with Crippen LogP contribution in [0.2, 0.25) is 0 Å². The van der Waals surface area contributed by atoms with Crippen LogP contribution in [0.1, 0.15) is 40.5 Å². The average Bonchev–Trinajstić information content (AvgIpc) is 3.10. The van der Waals surface area contributed by atoms with Gasteiger partial charge in [0.25, 0.3) is 0 Å². The molecule has 1 saturated carbocycles. The van der Waals surface area contributed by atoms with E-state index in [0.29, 0.717) is 11.8 Å². The molecule has 1 unspecified atom stereocenters. The maximum absolute atomic E-state index is 9.81. The Morgan fingerprint density at radius 3 is 2.35 bits per heavy atom. The summed E-state index contributed by atoms with van der Waals surface area (Å²) >= 11 is 0. The average molecular weight is 242 g/mol. The third-order valence-electron chi connectivity index (χ3n) is 3.75. The van der Waals surface area contributed by atoms with E-state index in [0.717, 1.165) is 26.2 Å². The Morgan fingerprint density at radius 2 is 2.00 bits per heavy atom. The van der Waals surface area contributed by atoms with Crippen LogP contribution in [-0.2, 0) is 0 Å². The fourth-order valence-electron chi connectivity index (χ4n) is 2.77. The molecule has 1 atom stereocenters. The van der Waals surface area contributed by atoms with Crippen molar-refractivity contribution in [2.24, 2.45) is 11.8 Å². The molecule has 1 aliphatic rings. The van der Waals surface area contributed by atoms with Crippen molar-refractivity contribution in [3.8, 4) is 0 Å². The van der Waals surface area contributed by atoms with Gasteiger partial charge in [-0.3, -0.25) is 0 Å². The zero-order valence-corrected chi connectivity index (χ0v) is 12.0. The number of hydrogen-bond acceptors (Lipinski definition) is 3. The van der Waals surface area contributed by atoms with Crippen molar-refractivity contribution in [3.05, 3.63) is 0 Å². The van der Waals surface area contributed by atoms with Crippen molar-refractivity contribution in [1.82, 2.24) is 10.2 Å². The molecule has 0 aliphatic heterocycles. The van der Waals surface area contributed by atoms with Gasteiger partial charge in [0.2, 0.25) is 0 Å². The molecule has 1 fully saturated rings. The fourth-order valence-corrected chi connectivity index (χ4v) is 2.77. The van der Waals surface area contributed by atoms with Gasteiger partial charge in [0.05, 0.1) is 12.1 Å². The SMILES string of the molecule is CCNC(CO)(CN(CC)CC(C)C)C1CC1. The lowest BCUT2D eigenvalue weighted by molar-refractivity contribution is 0.0889. The zero-order chi connectivity index (χ0) is 12.9. The summed E-state index contributed by atoms with van der Waals surface area (Å²) in [5.74, 6) is 1.36. The third-order valence-corrected chi connectivity index (χ3v) is 3.75. The number of hydrogen-bond donors (Lipinski definition) is 2. The molecule has 3 heteroatoms.